The molecule has 3 fully saturated rings. The van der Waals surface area contributed by atoms with Gasteiger partial charge in [-0.1, -0.05) is 16.8 Å². The topological polar surface area (TPSA) is 81.2 Å². The van der Waals surface area contributed by atoms with Gasteiger partial charge in [-0.2, -0.15) is 4.98 Å². The first-order valence-corrected chi connectivity index (χ1v) is 9.27. The lowest BCUT2D eigenvalue weighted by molar-refractivity contribution is -0.122. The molecule has 2 saturated carbocycles. The molecule has 2 aromatic heterocycles. The zero-order valence-corrected chi connectivity index (χ0v) is 14.8. The van der Waals surface area contributed by atoms with Gasteiger partial charge in [-0.15, -0.1) is 0 Å². The molecule has 132 valence electrons. The van der Waals surface area contributed by atoms with Crippen molar-refractivity contribution in [3.8, 4) is 11.6 Å². The standard InChI is InChI=1S/C19H16ClN3O3/c1-8-2-11(20)5-10-6-14(25-15(8)10)16-21-18(26-23-16)19-7-9-3-12(13(19)4-9)17(24)22-19/h2,5-6,9,12-13H,3-4,7H2,1H3,(H,22,24). The summed E-state index contributed by atoms with van der Waals surface area (Å²) in [7, 11) is 0. The van der Waals surface area contributed by atoms with E-state index in [0.717, 1.165) is 35.8 Å². The Labute approximate surface area is 153 Å². The van der Waals surface area contributed by atoms with E-state index >= 15 is 0 Å². The van der Waals surface area contributed by atoms with Gasteiger partial charge in [0.1, 0.15) is 11.1 Å². The summed E-state index contributed by atoms with van der Waals surface area (Å²) in [4.78, 5) is 16.9. The Balaban J connectivity index is 1.43. The molecule has 2 aliphatic carbocycles. The second kappa shape index (κ2) is 4.68. The van der Waals surface area contributed by atoms with E-state index in [0.29, 0.717) is 28.4 Å². The van der Waals surface area contributed by atoms with Crippen LogP contribution in [0.1, 0.15) is 30.7 Å². The molecular formula is C19H16ClN3O3. The van der Waals surface area contributed by atoms with Crippen molar-refractivity contribution in [1.29, 1.82) is 0 Å². The first kappa shape index (κ1) is 14.8. The maximum absolute atomic E-state index is 12.3. The molecule has 1 N–H and O–H groups in total. The third-order valence-electron chi connectivity index (χ3n) is 6.38. The minimum absolute atomic E-state index is 0.0973. The summed E-state index contributed by atoms with van der Waals surface area (Å²) in [5, 5.41) is 8.87. The first-order chi connectivity index (χ1) is 12.5. The number of carbonyl (C=O) groups is 1. The molecule has 7 heteroatoms. The number of aromatic nitrogens is 2. The summed E-state index contributed by atoms with van der Waals surface area (Å²) in [5.41, 5.74) is 1.24. The lowest BCUT2D eigenvalue weighted by atomic mass is 9.79. The highest BCUT2D eigenvalue weighted by Gasteiger charge is 2.66. The second-order valence-electron chi connectivity index (χ2n) is 7.89. The van der Waals surface area contributed by atoms with Gasteiger partial charge in [-0.25, -0.2) is 0 Å². The minimum atomic E-state index is -0.485. The van der Waals surface area contributed by atoms with Crippen LogP contribution in [-0.2, 0) is 10.3 Å². The lowest BCUT2D eigenvalue weighted by Gasteiger charge is -2.27. The van der Waals surface area contributed by atoms with E-state index in [1.165, 1.54) is 0 Å². The summed E-state index contributed by atoms with van der Waals surface area (Å²) >= 11 is 6.13. The highest BCUT2D eigenvalue weighted by molar-refractivity contribution is 6.31. The molecule has 2 bridgehead atoms. The second-order valence-corrected chi connectivity index (χ2v) is 8.33. The molecule has 3 heterocycles. The average Bonchev–Trinajstić information content (AvgIpc) is 3.35. The first-order valence-electron chi connectivity index (χ1n) is 8.90. The van der Waals surface area contributed by atoms with Crippen LogP contribution in [0.2, 0.25) is 5.02 Å². The number of fused-ring (bicyclic) bond motifs is 2. The Bertz CT molecular complexity index is 1090. The Kier molecular flexibility index (Phi) is 2.66. The van der Waals surface area contributed by atoms with Crippen LogP contribution >= 0.6 is 11.6 Å². The number of furan rings is 1. The van der Waals surface area contributed by atoms with Gasteiger partial charge in [0.25, 0.3) is 5.89 Å². The minimum Gasteiger partial charge on any atom is -0.452 e. The number of nitrogens with one attached hydrogen (secondary N) is 1. The predicted molar refractivity (Wildman–Crippen MR) is 93.4 cm³/mol. The lowest BCUT2D eigenvalue weighted by Crippen LogP contribution is -2.41. The van der Waals surface area contributed by atoms with Crippen LogP contribution in [0, 0.1) is 24.7 Å². The van der Waals surface area contributed by atoms with Crippen LogP contribution in [0.25, 0.3) is 22.6 Å². The van der Waals surface area contributed by atoms with Gasteiger partial charge in [0.05, 0.1) is 0 Å². The number of nitrogens with zero attached hydrogens (tertiary/aromatic N) is 2. The highest BCUT2D eigenvalue weighted by Crippen LogP contribution is 2.61. The Morgan fingerprint density at radius 1 is 1.31 bits per heavy atom. The van der Waals surface area contributed by atoms with E-state index in [9.17, 15) is 4.79 Å². The molecule has 1 aromatic carbocycles. The third-order valence-corrected chi connectivity index (χ3v) is 6.60. The summed E-state index contributed by atoms with van der Waals surface area (Å²) in [6, 6.07) is 5.59. The normalized spacial score (nSPS) is 31.9. The quantitative estimate of drug-likeness (QED) is 0.742. The van der Waals surface area contributed by atoms with Gasteiger partial charge in [0.2, 0.25) is 11.7 Å². The number of aryl methyl sites for hydroxylation is 1. The summed E-state index contributed by atoms with van der Waals surface area (Å²) in [5.74, 6) is 2.51. The number of hydrogen-bond donors (Lipinski definition) is 1. The number of hydrogen-bond acceptors (Lipinski definition) is 5. The zero-order chi connectivity index (χ0) is 17.6. The van der Waals surface area contributed by atoms with Crippen LogP contribution in [-0.4, -0.2) is 16.0 Å². The third kappa shape index (κ3) is 1.75. The fourth-order valence-corrected chi connectivity index (χ4v) is 5.69. The molecule has 4 atom stereocenters. The monoisotopic (exact) mass is 369 g/mol. The molecule has 26 heavy (non-hydrogen) atoms. The molecule has 4 unspecified atom stereocenters. The maximum atomic E-state index is 12.3. The van der Waals surface area contributed by atoms with E-state index in [1.807, 2.05) is 25.1 Å². The van der Waals surface area contributed by atoms with E-state index in [-0.39, 0.29) is 17.7 Å². The number of amides is 1. The molecule has 1 saturated heterocycles. The van der Waals surface area contributed by atoms with Crippen LogP contribution in [0.4, 0.5) is 0 Å². The number of carbonyl (C=O) groups excluding carboxylic acids is 1. The van der Waals surface area contributed by atoms with Crippen molar-refractivity contribution >= 4 is 28.5 Å². The number of rotatable bonds is 2. The van der Waals surface area contributed by atoms with Crippen molar-refractivity contribution in [1.82, 2.24) is 15.5 Å². The fraction of sp³-hybridized carbons (Fsp3) is 0.421. The molecule has 0 radical (unpaired) electrons. The maximum Gasteiger partial charge on any atom is 0.253 e. The summed E-state index contributed by atoms with van der Waals surface area (Å²) in [6.07, 6.45) is 2.93. The average molecular weight is 370 g/mol. The van der Waals surface area contributed by atoms with Gasteiger partial charge in [-0.05, 0) is 55.9 Å². The van der Waals surface area contributed by atoms with Crippen LogP contribution in [0.15, 0.2) is 27.1 Å². The van der Waals surface area contributed by atoms with E-state index < -0.39 is 5.54 Å². The van der Waals surface area contributed by atoms with E-state index in [4.69, 9.17) is 20.5 Å². The summed E-state index contributed by atoms with van der Waals surface area (Å²) < 4.78 is 11.6. The van der Waals surface area contributed by atoms with E-state index in [2.05, 4.69) is 15.5 Å². The number of benzene rings is 1. The van der Waals surface area contributed by atoms with Crippen molar-refractivity contribution < 1.29 is 13.7 Å². The van der Waals surface area contributed by atoms with Gasteiger partial charge in [0.15, 0.2) is 5.76 Å². The molecule has 3 aliphatic rings. The Morgan fingerprint density at radius 2 is 2.19 bits per heavy atom. The molecule has 6 rings (SSSR count). The van der Waals surface area contributed by atoms with Crippen LogP contribution < -0.4 is 5.32 Å². The van der Waals surface area contributed by atoms with Crippen molar-refractivity contribution in [3.05, 3.63) is 34.7 Å². The Morgan fingerprint density at radius 3 is 3.04 bits per heavy atom. The van der Waals surface area contributed by atoms with Crippen LogP contribution in [0.3, 0.4) is 0 Å². The van der Waals surface area contributed by atoms with Crippen molar-refractivity contribution in [2.24, 2.45) is 17.8 Å². The SMILES string of the molecule is Cc1cc(Cl)cc2cc(-c3noc(C45CC6CC(C(=O)N4)C5C6)n3)oc12. The Hall–Kier alpha value is -2.34. The fourth-order valence-electron chi connectivity index (χ4n) is 5.40. The molecule has 3 aromatic rings. The van der Waals surface area contributed by atoms with Crippen molar-refractivity contribution in [2.45, 2.75) is 31.7 Å². The smallest absolute Gasteiger partial charge is 0.253 e. The number of halogens is 1. The van der Waals surface area contributed by atoms with Crippen LogP contribution in [0.5, 0.6) is 0 Å². The van der Waals surface area contributed by atoms with Gasteiger partial charge in [0, 0.05) is 22.2 Å². The van der Waals surface area contributed by atoms with Gasteiger partial charge >= 0.3 is 0 Å². The van der Waals surface area contributed by atoms with Crippen molar-refractivity contribution in [2.75, 3.05) is 0 Å². The summed E-state index contributed by atoms with van der Waals surface area (Å²) in [6.45, 7) is 1.95. The zero-order valence-electron chi connectivity index (χ0n) is 14.1. The van der Waals surface area contributed by atoms with Gasteiger partial charge in [-0.3, -0.25) is 4.79 Å². The molecule has 1 amide bonds. The van der Waals surface area contributed by atoms with E-state index in [1.54, 1.807) is 0 Å². The molecule has 1 aliphatic heterocycles. The highest BCUT2D eigenvalue weighted by atomic mass is 35.5. The predicted octanol–water partition coefficient (Wildman–Crippen LogP) is 3.82. The molecule has 6 nitrogen and oxygen atoms in total. The largest absolute Gasteiger partial charge is 0.452 e. The molecule has 0 spiro atoms. The van der Waals surface area contributed by atoms with Crippen molar-refractivity contribution in [3.63, 3.8) is 0 Å². The van der Waals surface area contributed by atoms with Gasteiger partial charge < -0.3 is 14.3 Å². The molecular weight excluding hydrogens is 354 g/mol.